The van der Waals surface area contributed by atoms with E-state index in [9.17, 15) is 9.59 Å². The zero-order valence-corrected chi connectivity index (χ0v) is 6.94. The highest BCUT2D eigenvalue weighted by Gasteiger charge is 2.00. The van der Waals surface area contributed by atoms with Crippen molar-refractivity contribution in [3.63, 3.8) is 0 Å². The largest absolute Gasteiger partial charge is 0.351 e. The van der Waals surface area contributed by atoms with E-state index < -0.39 is 11.4 Å². The molecule has 0 fully saturated rings. The van der Waals surface area contributed by atoms with Gasteiger partial charge < -0.3 is 0 Å². The van der Waals surface area contributed by atoms with Crippen molar-refractivity contribution in [3.8, 4) is 0 Å². The number of hydrogen-bond donors (Lipinski definition) is 1. The predicted octanol–water partition coefficient (Wildman–Crippen LogP) is -0.309. The molecule has 2 aromatic rings. The molecule has 0 amide bonds. The molecule has 5 heteroatoms. The Labute approximate surface area is 72.7 Å². The Kier molecular flexibility index (Phi) is 1.51. The SMILES string of the molecule is Cc1cccn2c(=O)[nH]c(=O)nc12. The van der Waals surface area contributed by atoms with E-state index in [1.807, 2.05) is 0 Å². The third-order valence-corrected chi connectivity index (χ3v) is 1.80. The molecule has 0 aromatic carbocycles. The Bertz CT molecular complexity index is 567. The number of H-pyrrole nitrogens is 1. The first-order valence-electron chi connectivity index (χ1n) is 3.77. The van der Waals surface area contributed by atoms with E-state index in [1.165, 1.54) is 4.40 Å². The molecule has 0 bridgehead atoms. The molecule has 0 unspecified atom stereocenters. The first-order chi connectivity index (χ1) is 6.18. The fraction of sp³-hybridized carbons (Fsp3) is 0.125. The zero-order chi connectivity index (χ0) is 9.42. The molecule has 13 heavy (non-hydrogen) atoms. The van der Waals surface area contributed by atoms with Gasteiger partial charge in [-0.15, -0.1) is 0 Å². The van der Waals surface area contributed by atoms with Gasteiger partial charge in [-0.3, -0.25) is 9.38 Å². The Morgan fingerprint density at radius 2 is 2.23 bits per heavy atom. The Morgan fingerprint density at radius 3 is 3.00 bits per heavy atom. The highest BCUT2D eigenvalue weighted by atomic mass is 16.2. The molecule has 0 saturated carbocycles. The lowest BCUT2D eigenvalue weighted by molar-refractivity contribution is 0.898. The van der Waals surface area contributed by atoms with Crippen LogP contribution in [0.4, 0.5) is 0 Å². The molecule has 0 saturated heterocycles. The molecule has 0 aliphatic rings. The number of nitrogens with one attached hydrogen (secondary N) is 1. The second-order valence-electron chi connectivity index (χ2n) is 2.73. The Balaban J connectivity index is 3.12. The first-order valence-corrected chi connectivity index (χ1v) is 3.77. The van der Waals surface area contributed by atoms with Crippen LogP contribution in [0.2, 0.25) is 0 Å². The van der Waals surface area contributed by atoms with Crippen molar-refractivity contribution >= 4 is 5.65 Å². The quantitative estimate of drug-likeness (QED) is 0.600. The van der Waals surface area contributed by atoms with Crippen molar-refractivity contribution in [2.24, 2.45) is 0 Å². The maximum atomic E-state index is 11.2. The molecule has 0 radical (unpaired) electrons. The maximum absolute atomic E-state index is 11.2. The van der Waals surface area contributed by atoms with Gasteiger partial charge in [0.05, 0.1) is 0 Å². The number of hydrogen-bond acceptors (Lipinski definition) is 3. The summed E-state index contributed by atoms with van der Waals surface area (Å²) in [6, 6.07) is 3.52. The third-order valence-electron chi connectivity index (χ3n) is 1.80. The summed E-state index contributed by atoms with van der Waals surface area (Å²) < 4.78 is 1.30. The average molecular weight is 177 g/mol. The van der Waals surface area contributed by atoms with Gasteiger partial charge in [-0.05, 0) is 18.6 Å². The number of pyridine rings is 1. The van der Waals surface area contributed by atoms with Gasteiger partial charge >= 0.3 is 11.4 Å². The van der Waals surface area contributed by atoms with Crippen molar-refractivity contribution in [2.75, 3.05) is 0 Å². The van der Waals surface area contributed by atoms with Gasteiger partial charge in [-0.2, -0.15) is 4.98 Å². The number of aromatic amines is 1. The third kappa shape index (κ3) is 1.14. The van der Waals surface area contributed by atoms with Crippen LogP contribution in [0.5, 0.6) is 0 Å². The molecule has 2 heterocycles. The van der Waals surface area contributed by atoms with E-state index in [2.05, 4.69) is 9.97 Å². The van der Waals surface area contributed by atoms with Crippen molar-refractivity contribution in [1.82, 2.24) is 14.4 Å². The molecular weight excluding hydrogens is 170 g/mol. The summed E-state index contributed by atoms with van der Waals surface area (Å²) >= 11 is 0. The summed E-state index contributed by atoms with van der Waals surface area (Å²) in [5.41, 5.74) is 0.125. The number of rotatable bonds is 0. The van der Waals surface area contributed by atoms with E-state index in [4.69, 9.17) is 0 Å². The fourth-order valence-electron chi connectivity index (χ4n) is 1.19. The van der Waals surface area contributed by atoms with Gasteiger partial charge in [0, 0.05) is 6.20 Å². The summed E-state index contributed by atoms with van der Waals surface area (Å²) in [5.74, 6) is 0. The van der Waals surface area contributed by atoms with Gasteiger partial charge in [0.25, 0.3) is 0 Å². The second-order valence-corrected chi connectivity index (χ2v) is 2.73. The van der Waals surface area contributed by atoms with Crippen LogP contribution in [0.3, 0.4) is 0 Å². The van der Waals surface area contributed by atoms with Crippen LogP contribution in [0.15, 0.2) is 27.9 Å². The molecule has 0 atom stereocenters. The van der Waals surface area contributed by atoms with E-state index in [1.54, 1.807) is 25.3 Å². The molecule has 5 nitrogen and oxygen atoms in total. The maximum Gasteiger partial charge on any atom is 0.351 e. The minimum atomic E-state index is -0.612. The lowest BCUT2D eigenvalue weighted by Gasteiger charge is -1.99. The number of aromatic nitrogens is 3. The summed E-state index contributed by atoms with van der Waals surface area (Å²) in [6.45, 7) is 1.79. The van der Waals surface area contributed by atoms with Crippen LogP contribution in [0, 0.1) is 6.92 Å². The first kappa shape index (κ1) is 7.72. The number of aryl methyl sites for hydroxylation is 1. The smallest absolute Gasteiger partial charge is 0.257 e. The van der Waals surface area contributed by atoms with Crippen LogP contribution >= 0.6 is 0 Å². The highest BCUT2D eigenvalue weighted by molar-refractivity contribution is 5.44. The minimum Gasteiger partial charge on any atom is -0.257 e. The Hall–Kier alpha value is -1.91. The minimum absolute atomic E-state index is 0.399. The van der Waals surface area contributed by atoms with Crippen molar-refractivity contribution in [1.29, 1.82) is 0 Å². The van der Waals surface area contributed by atoms with Crippen LogP contribution in [0.25, 0.3) is 5.65 Å². The van der Waals surface area contributed by atoms with Gasteiger partial charge in [0.2, 0.25) is 0 Å². The molecule has 2 aromatic heterocycles. The number of fused-ring (bicyclic) bond motifs is 1. The lowest BCUT2D eigenvalue weighted by Crippen LogP contribution is -2.28. The monoisotopic (exact) mass is 177 g/mol. The van der Waals surface area contributed by atoms with Crippen molar-refractivity contribution in [3.05, 3.63) is 44.9 Å². The topological polar surface area (TPSA) is 67.2 Å². The molecule has 0 aliphatic heterocycles. The van der Waals surface area contributed by atoms with E-state index in [-0.39, 0.29) is 0 Å². The van der Waals surface area contributed by atoms with Crippen LogP contribution in [-0.2, 0) is 0 Å². The molecule has 1 N–H and O–H groups in total. The predicted molar refractivity (Wildman–Crippen MR) is 46.8 cm³/mol. The second kappa shape index (κ2) is 2.55. The molecule has 0 spiro atoms. The standard InChI is InChI=1S/C8H7N3O2/c1-5-3-2-4-11-6(5)9-7(12)10-8(11)13/h2-4H,1H3,(H,10,12,13). The molecular formula is C8H7N3O2. The van der Waals surface area contributed by atoms with E-state index in [0.29, 0.717) is 5.65 Å². The summed E-state index contributed by atoms with van der Waals surface area (Å²) in [7, 11) is 0. The van der Waals surface area contributed by atoms with E-state index >= 15 is 0 Å². The van der Waals surface area contributed by atoms with Crippen LogP contribution in [0.1, 0.15) is 5.56 Å². The summed E-state index contributed by atoms with van der Waals surface area (Å²) in [4.78, 5) is 27.9. The number of nitrogens with zero attached hydrogens (tertiary/aromatic N) is 2. The van der Waals surface area contributed by atoms with Gasteiger partial charge in [0.15, 0.2) is 0 Å². The van der Waals surface area contributed by atoms with Gasteiger partial charge in [-0.25, -0.2) is 9.59 Å². The lowest BCUT2D eigenvalue weighted by atomic mass is 10.3. The van der Waals surface area contributed by atoms with Crippen molar-refractivity contribution in [2.45, 2.75) is 6.92 Å². The van der Waals surface area contributed by atoms with Crippen LogP contribution in [-0.4, -0.2) is 14.4 Å². The zero-order valence-electron chi connectivity index (χ0n) is 6.94. The average Bonchev–Trinajstić information content (AvgIpc) is 2.07. The van der Waals surface area contributed by atoms with Gasteiger partial charge in [0.1, 0.15) is 5.65 Å². The van der Waals surface area contributed by atoms with Gasteiger partial charge in [-0.1, -0.05) is 6.07 Å². The summed E-state index contributed by atoms with van der Waals surface area (Å²) in [6.07, 6.45) is 1.56. The Morgan fingerprint density at radius 1 is 1.46 bits per heavy atom. The molecule has 66 valence electrons. The van der Waals surface area contributed by atoms with E-state index in [0.717, 1.165) is 5.56 Å². The van der Waals surface area contributed by atoms with Crippen LogP contribution < -0.4 is 11.4 Å². The fourth-order valence-corrected chi connectivity index (χ4v) is 1.19. The van der Waals surface area contributed by atoms with Crippen molar-refractivity contribution < 1.29 is 0 Å². The summed E-state index contributed by atoms with van der Waals surface area (Å²) in [5, 5.41) is 0. The highest BCUT2D eigenvalue weighted by Crippen LogP contribution is 2.00. The molecule has 0 aliphatic carbocycles. The molecule has 2 rings (SSSR count). The normalized spacial score (nSPS) is 10.5.